The maximum Gasteiger partial charge on any atom is 0.251 e. The van der Waals surface area contributed by atoms with E-state index in [1.807, 2.05) is 54.7 Å². The van der Waals surface area contributed by atoms with Crippen LogP contribution in [-0.4, -0.2) is 47.0 Å². The third-order valence-electron chi connectivity index (χ3n) is 6.23. The maximum absolute atomic E-state index is 12.6. The van der Waals surface area contributed by atoms with E-state index in [2.05, 4.69) is 65.8 Å². The molecule has 2 aromatic carbocycles. The Bertz CT molecular complexity index is 1270. The van der Waals surface area contributed by atoms with Crippen molar-refractivity contribution >= 4 is 51.0 Å². The van der Waals surface area contributed by atoms with Gasteiger partial charge in [-0.2, -0.15) is 0 Å². The Kier molecular flexibility index (Phi) is 6.17. The van der Waals surface area contributed by atoms with Gasteiger partial charge in [0.1, 0.15) is 17.8 Å². The highest BCUT2D eigenvalue weighted by molar-refractivity contribution is 14.1. The van der Waals surface area contributed by atoms with E-state index in [1.54, 1.807) is 6.33 Å². The average molecular weight is 552 g/mol. The Hall–Kier alpha value is -3.14. The second kappa shape index (κ2) is 9.38. The van der Waals surface area contributed by atoms with Crippen molar-refractivity contribution in [3.63, 3.8) is 0 Å². The number of aromatic nitrogens is 3. The van der Waals surface area contributed by atoms with Crippen molar-refractivity contribution in [2.75, 3.05) is 29.9 Å². The lowest BCUT2D eigenvalue weighted by molar-refractivity contribution is 0.0951. The maximum atomic E-state index is 12.6. The number of amides is 1. The molecule has 1 atom stereocenters. The molecular weight excluding hydrogens is 527 g/mol. The van der Waals surface area contributed by atoms with Crippen LogP contribution in [-0.2, 0) is 6.54 Å². The lowest BCUT2D eigenvalue weighted by Gasteiger charge is -2.28. The lowest BCUT2D eigenvalue weighted by Crippen LogP contribution is -2.35. The van der Waals surface area contributed by atoms with Crippen LogP contribution in [0.15, 0.2) is 67.1 Å². The SMILES string of the molecule is CN(c1ccc(C(=O)NCc2ccccc2)cc1I)[C@@H]1CCN(c2ncnc3[nH]ccc23)C1. The van der Waals surface area contributed by atoms with E-state index in [4.69, 9.17) is 0 Å². The number of hydrogen-bond donors (Lipinski definition) is 2. The minimum atomic E-state index is -0.0581. The van der Waals surface area contributed by atoms with Crippen LogP contribution in [0.3, 0.4) is 0 Å². The molecule has 0 radical (unpaired) electrons. The van der Waals surface area contributed by atoms with Gasteiger partial charge in [-0.25, -0.2) is 9.97 Å². The van der Waals surface area contributed by atoms with Gasteiger partial charge in [0.05, 0.1) is 11.1 Å². The number of halogens is 1. The third kappa shape index (κ3) is 4.52. The van der Waals surface area contributed by atoms with Gasteiger partial charge in [0.2, 0.25) is 0 Å². The number of carbonyl (C=O) groups is 1. The van der Waals surface area contributed by atoms with Crippen molar-refractivity contribution in [3.8, 4) is 0 Å². The van der Waals surface area contributed by atoms with E-state index in [0.717, 1.165) is 51.2 Å². The fourth-order valence-corrected chi connectivity index (χ4v) is 5.27. The molecule has 0 spiro atoms. The van der Waals surface area contributed by atoms with Crippen LogP contribution < -0.4 is 15.1 Å². The highest BCUT2D eigenvalue weighted by Crippen LogP contribution is 2.30. The van der Waals surface area contributed by atoms with Crippen LogP contribution in [0, 0.1) is 3.57 Å². The van der Waals surface area contributed by atoms with E-state index in [-0.39, 0.29) is 5.91 Å². The Morgan fingerprint density at radius 1 is 1.21 bits per heavy atom. The molecule has 5 rings (SSSR count). The number of aromatic amines is 1. The van der Waals surface area contributed by atoms with E-state index in [0.29, 0.717) is 18.2 Å². The summed E-state index contributed by atoms with van der Waals surface area (Å²) in [4.78, 5) is 29.3. The molecule has 7 nitrogen and oxygen atoms in total. The van der Waals surface area contributed by atoms with Gasteiger partial charge in [-0.05, 0) is 58.8 Å². The number of anilines is 2. The molecule has 33 heavy (non-hydrogen) atoms. The van der Waals surface area contributed by atoms with Crippen LogP contribution >= 0.6 is 22.6 Å². The van der Waals surface area contributed by atoms with Crippen LogP contribution in [0.25, 0.3) is 11.0 Å². The molecule has 1 aliphatic heterocycles. The van der Waals surface area contributed by atoms with Crippen molar-refractivity contribution in [2.45, 2.75) is 19.0 Å². The molecule has 0 saturated carbocycles. The fraction of sp³-hybridized carbons (Fsp3) is 0.240. The summed E-state index contributed by atoms with van der Waals surface area (Å²) in [6.45, 7) is 2.36. The third-order valence-corrected chi connectivity index (χ3v) is 7.09. The topological polar surface area (TPSA) is 77.2 Å². The molecular formula is C25H25IN6O. The summed E-state index contributed by atoms with van der Waals surface area (Å²) in [6.07, 6.45) is 4.57. The first-order chi connectivity index (χ1) is 16.1. The van der Waals surface area contributed by atoms with Crippen LogP contribution in [0.1, 0.15) is 22.3 Å². The first kappa shape index (κ1) is 21.7. The van der Waals surface area contributed by atoms with Gasteiger partial charge >= 0.3 is 0 Å². The molecule has 0 unspecified atom stereocenters. The molecule has 168 valence electrons. The summed E-state index contributed by atoms with van der Waals surface area (Å²) in [6, 6.07) is 18.3. The Balaban J connectivity index is 1.26. The Morgan fingerprint density at radius 3 is 2.88 bits per heavy atom. The molecule has 0 bridgehead atoms. The number of hydrogen-bond acceptors (Lipinski definition) is 5. The summed E-state index contributed by atoms with van der Waals surface area (Å²) in [5, 5.41) is 4.06. The number of fused-ring (bicyclic) bond motifs is 1. The quantitative estimate of drug-likeness (QED) is 0.351. The number of benzene rings is 2. The van der Waals surface area contributed by atoms with Crippen molar-refractivity contribution in [1.29, 1.82) is 0 Å². The molecule has 1 fully saturated rings. The highest BCUT2D eigenvalue weighted by Gasteiger charge is 2.29. The summed E-state index contributed by atoms with van der Waals surface area (Å²) in [5.74, 6) is 0.926. The molecule has 3 heterocycles. The number of nitrogens with one attached hydrogen (secondary N) is 2. The predicted molar refractivity (Wildman–Crippen MR) is 140 cm³/mol. The molecule has 0 aliphatic carbocycles. The molecule has 1 saturated heterocycles. The number of rotatable bonds is 6. The largest absolute Gasteiger partial charge is 0.369 e. The van der Waals surface area contributed by atoms with Crippen molar-refractivity contribution < 1.29 is 4.79 Å². The minimum absolute atomic E-state index is 0.0581. The zero-order valence-corrected chi connectivity index (χ0v) is 20.5. The molecule has 2 aromatic heterocycles. The van der Waals surface area contributed by atoms with E-state index in [9.17, 15) is 4.79 Å². The van der Waals surface area contributed by atoms with Crippen molar-refractivity contribution in [3.05, 3.63) is 81.8 Å². The predicted octanol–water partition coefficient (Wildman–Crippen LogP) is 4.21. The number of carbonyl (C=O) groups excluding carboxylic acids is 1. The second-order valence-electron chi connectivity index (χ2n) is 8.27. The average Bonchev–Trinajstić information content (AvgIpc) is 3.52. The molecule has 2 N–H and O–H groups in total. The van der Waals surface area contributed by atoms with Gasteiger partial charge in [0.15, 0.2) is 0 Å². The fourth-order valence-electron chi connectivity index (χ4n) is 4.37. The first-order valence-electron chi connectivity index (χ1n) is 11.0. The summed E-state index contributed by atoms with van der Waals surface area (Å²) < 4.78 is 1.07. The second-order valence-corrected chi connectivity index (χ2v) is 9.43. The monoisotopic (exact) mass is 552 g/mol. The van der Waals surface area contributed by atoms with Crippen molar-refractivity contribution in [1.82, 2.24) is 20.3 Å². The van der Waals surface area contributed by atoms with Gasteiger partial charge < -0.3 is 20.1 Å². The zero-order chi connectivity index (χ0) is 22.8. The number of H-pyrrole nitrogens is 1. The zero-order valence-electron chi connectivity index (χ0n) is 18.3. The van der Waals surface area contributed by atoms with Gasteiger partial charge in [0, 0.05) is 48.1 Å². The van der Waals surface area contributed by atoms with E-state index in [1.165, 1.54) is 0 Å². The van der Waals surface area contributed by atoms with Crippen LogP contribution in [0.2, 0.25) is 0 Å². The number of likely N-dealkylation sites (N-methyl/N-ethyl adjacent to an activating group) is 1. The lowest BCUT2D eigenvalue weighted by atomic mass is 10.1. The molecule has 4 aromatic rings. The van der Waals surface area contributed by atoms with E-state index >= 15 is 0 Å². The summed E-state index contributed by atoms with van der Waals surface area (Å²) in [5.41, 5.74) is 3.77. The smallest absolute Gasteiger partial charge is 0.251 e. The Labute approximate surface area is 206 Å². The molecule has 1 aliphatic rings. The summed E-state index contributed by atoms with van der Waals surface area (Å²) in [7, 11) is 2.13. The van der Waals surface area contributed by atoms with Gasteiger partial charge in [-0.1, -0.05) is 30.3 Å². The Morgan fingerprint density at radius 2 is 2.06 bits per heavy atom. The van der Waals surface area contributed by atoms with Crippen LogP contribution in [0.5, 0.6) is 0 Å². The van der Waals surface area contributed by atoms with Crippen molar-refractivity contribution in [2.24, 2.45) is 0 Å². The minimum Gasteiger partial charge on any atom is -0.369 e. The standard InChI is InChI=1S/C25H25IN6O/c1-31(19-10-12-32(15-19)24-20-9-11-27-23(20)29-16-30-24)22-8-7-18(13-21(22)26)25(33)28-14-17-5-3-2-4-6-17/h2-9,11,13,16,19H,10,12,14-15H2,1H3,(H,28,33)(H,27,29,30)/t19-/m1/s1. The normalized spacial score (nSPS) is 15.7. The highest BCUT2D eigenvalue weighted by atomic mass is 127. The number of nitrogens with zero attached hydrogens (tertiary/aromatic N) is 4. The van der Waals surface area contributed by atoms with Crippen LogP contribution in [0.4, 0.5) is 11.5 Å². The van der Waals surface area contributed by atoms with Gasteiger partial charge in [0.25, 0.3) is 5.91 Å². The molecule has 1 amide bonds. The van der Waals surface area contributed by atoms with Gasteiger partial charge in [-0.15, -0.1) is 0 Å². The summed E-state index contributed by atoms with van der Waals surface area (Å²) >= 11 is 2.33. The molecule has 8 heteroatoms. The van der Waals surface area contributed by atoms with E-state index < -0.39 is 0 Å². The first-order valence-corrected chi connectivity index (χ1v) is 12.1. The van der Waals surface area contributed by atoms with Gasteiger partial charge in [-0.3, -0.25) is 4.79 Å².